The number of benzene rings is 2. The minimum atomic E-state index is -0.812. The van der Waals surface area contributed by atoms with Crippen molar-refractivity contribution in [3.05, 3.63) is 61.8 Å². The van der Waals surface area contributed by atoms with Crippen molar-refractivity contribution in [3.8, 4) is 0 Å². The molecule has 6 heteroatoms. The maximum Gasteiger partial charge on any atom is 0.237 e. The molecule has 2 aromatic carbocycles. The third-order valence-electron chi connectivity index (χ3n) is 4.42. The molecule has 0 aliphatic carbocycles. The zero-order chi connectivity index (χ0) is 17.8. The third-order valence-corrected chi connectivity index (χ3v) is 5.58. The van der Waals surface area contributed by atoms with Crippen molar-refractivity contribution < 1.29 is 9.18 Å². The summed E-state index contributed by atoms with van der Waals surface area (Å²) in [6.07, 6.45) is 0. The van der Waals surface area contributed by atoms with Crippen molar-refractivity contribution in [2.24, 2.45) is 0 Å². The van der Waals surface area contributed by atoms with Gasteiger partial charge in [0.05, 0.1) is 22.0 Å². The van der Waals surface area contributed by atoms with Crippen molar-refractivity contribution in [2.45, 2.75) is 32.7 Å². The van der Waals surface area contributed by atoms with Gasteiger partial charge in [-0.3, -0.25) is 4.79 Å². The van der Waals surface area contributed by atoms with Crippen LogP contribution < -0.4 is 4.90 Å². The molecule has 1 amide bonds. The van der Waals surface area contributed by atoms with E-state index in [2.05, 4.69) is 0 Å². The number of carbonyl (C=O) groups excluding carboxylic acids is 1. The van der Waals surface area contributed by atoms with Gasteiger partial charge in [0, 0.05) is 16.3 Å². The number of hydrogen-bond acceptors (Lipinski definition) is 1. The van der Waals surface area contributed by atoms with Crippen LogP contribution in [0.25, 0.3) is 0 Å². The van der Waals surface area contributed by atoms with Gasteiger partial charge in [-0.25, -0.2) is 4.39 Å². The Balaban J connectivity index is 2.10. The second-order valence-corrected chi connectivity index (χ2v) is 7.66. The third kappa shape index (κ3) is 2.59. The topological polar surface area (TPSA) is 20.3 Å². The molecule has 0 atom stereocenters. The first-order chi connectivity index (χ1) is 11.1. The summed E-state index contributed by atoms with van der Waals surface area (Å²) in [6, 6.07) is 6.34. The highest BCUT2D eigenvalue weighted by molar-refractivity contribution is 6.43. The molecule has 0 saturated heterocycles. The van der Waals surface area contributed by atoms with Gasteiger partial charge in [-0.15, -0.1) is 0 Å². The van der Waals surface area contributed by atoms with E-state index in [9.17, 15) is 9.18 Å². The molecule has 0 aromatic heterocycles. The first-order valence-electron chi connectivity index (χ1n) is 7.39. The second-order valence-electron chi connectivity index (χ2n) is 6.46. The van der Waals surface area contributed by atoms with Crippen LogP contribution in [-0.4, -0.2) is 5.91 Å². The Hall–Kier alpha value is -1.29. The number of carbonyl (C=O) groups is 1. The smallest absolute Gasteiger partial charge is 0.237 e. The van der Waals surface area contributed by atoms with Crippen LogP contribution >= 0.6 is 34.8 Å². The summed E-state index contributed by atoms with van der Waals surface area (Å²) in [7, 11) is 0. The van der Waals surface area contributed by atoms with E-state index in [1.54, 1.807) is 43.9 Å². The summed E-state index contributed by atoms with van der Waals surface area (Å²) < 4.78 is 13.9. The van der Waals surface area contributed by atoms with Crippen LogP contribution in [0.3, 0.4) is 0 Å². The molecule has 1 aliphatic rings. The fourth-order valence-corrected chi connectivity index (χ4v) is 3.88. The number of fused-ring (bicyclic) bond motifs is 1. The molecule has 2 nitrogen and oxygen atoms in total. The molecule has 0 spiro atoms. The molecule has 1 aliphatic heterocycles. The number of nitrogens with zero attached hydrogens (tertiary/aromatic N) is 1. The van der Waals surface area contributed by atoms with Crippen LogP contribution in [-0.2, 0) is 16.8 Å². The van der Waals surface area contributed by atoms with Crippen molar-refractivity contribution in [1.82, 2.24) is 0 Å². The Morgan fingerprint density at radius 3 is 2.46 bits per heavy atom. The first kappa shape index (κ1) is 17.5. The van der Waals surface area contributed by atoms with Crippen LogP contribution in [0.1, 0.15) is 30.5 Å². The maximum absolute atomic E-state index is 13.9. The number of amides is 1. The highest BCUT2D eigenvalue weighted by Crippen LogP contribution is 2.48. The molecule has 24 heavy (non-hydrogen) atoms. The number of aryl methyl sites for hydroxylation is 1. The van der Waals surface area contributed by atoms with Crippen LogP contribution in [0.15, 0.2) is 24.3 Å². The van der Waals surface area contributed by atoms with Crippen LogP contribution in [0, 0.1) is 12.7 Å². The minimum absolute atomic E-state index is 0.126. The number of anilines is 1. The minimum Gasteiger partial charge on any atom is -0.307 e. The van der Waals surface area contributed by atoms with Gasteiger partial charge in [-0.05, 0) is 56.2 Å². The zero-order valence-electron chi connectivity index (χ0n) is 13.4. The van der Waals surface area contributed by atoms with E-state index in [0.29, 0.717) is 37.4 Å². The molecule has 0 fully saturated rings. The molecule has 2 aromatic rings. The average molecular weight is 387 g/mol. The van der Waals surface area contributed by atoms with Crippen LogP contribution in [0.4, 0.5) is 10.1 Å². The summed E-state index contributed by atoms with van der Waals surface area (Å²) in [5.74, 6) is -0.478. The highest BCUT2D eigenvalue weighted by atomic mass is 35.5. The molecule has 126 valence electrons. The number of halogens is 4. The lowest BCUT2D eigenvalue weighted by molar-refractivity contribution is -0.122. The summed E-state index contributed by atoms with van der Waals surface area (Å²) in [6.45, 7) is 5.41. The van der Waals surface area contributed by atoms with Gasteiger partial charge in [-0.1, -0.05) is 34.8 Å². The molecular formula is C18H15Cl3FNO. The fraction of sp³-hybridized carbons (Fsp3) is 0.278. The molecule has 0 unspecified atom stereocenters. The normalized spacial score (nSPS) is 15.8. The van der Waals surface area contributed by atoms with E-state index in [4.69, 9.17) is 34.8 Å². The maximum atomic E-state index is 13.9. The number of hydrogen-bond donors (Lipinski definition) is 0. The predicted molar refractivity (Wildman–Crippen MR) is 96.8 cm³/mol. The van der Waals surface area contributed by atoms with E-state index < -0.39 is 5.41 Å². The van der Waals surface area contributed by atoms with Crippen LogP contribution in [0.2, 0.25) is 15.1 Å². The summed E-state index contributed by atoms with van der Waals surface area (Å²) >= 11 is 18.7. The lowest BCUT2D eigenvalue weighted by Crippen LogP contribution is -2.35. The fourth-order valence-electron chi connectivity index (χ4n) is 3.05. The molecule has 3 rings (SSSR count). The molecule has 0 N–H and O–H groups in total. The van der Waals surface area contributed by atoms with Gasteiger partial charge in [0.2, 0.25) is 5.91 Å². The monoisotopic (exact) mass is 385 g/mol. The molecule has 0 radical (unpaired) electrons. The van der Waals surface area contributed by atoms with Crippen molar-refractivity contribution in [1.29, 1.82) is 0 Å². The second kappa shape index (κ2) is 5.91. The van der Waals surface area contributed by atoms with E-state index in [1.165, 1.54) is 6.07 Å². The molecule has 0 bridgehead atoms. The average Bonchev–Trinajstić information content (AvgIpc) is 2.69. The van der Waals surface area contributed by atoms with Gasteiger partial charge < -0.3 is 4.90 Å². The van der Waals surface area contributed by atoms with E-state index in [1.807, 2.05) is 0 Å². The predicted octanol–water partition coefficient (Wildman–Crippen LogP) is 5.92. The Kier molecular flexibility index (Phi) is 4.31. The largest absolute Gasteiger partial charge is 0.307 e. The molecule has 1 heterocycles. The van der Waals surface area contributed by atoms with Crippen LogP contribution in [0.5, 0.6) is 0 Å². The summed E-state index contributed by atoms with van der Waals surface area (Å²) in [5, 5.41) is 1.20. The SMILES string of the molecule is Cc1cc(Cl)c(CN2C(=O)C(C)(C)c3c2ccc(Cl)c3Cl)cc1F. The van der Waals surface area contributed by atoms with Crippen molar-refractivity contribution in [2.75, 3.05) is 4.90 Å². The lowest BCUT2D eigenvalue weighted by Gasteiger charge is -2.21. The van der Waals surface area contributed by atoms with Gasteiger partial charge in [0.1, 0.15) is 5.82 Å². The van der Waals surface area contributed by atoms with E-state index >= 15 is 0 Å². The van der Waals surface area contributed by atoms with Gasteiger partial charge in [0.15, 0.2) is 0 Å². The Morgan fingerprint density at radius 2 is 1.79 bits per heavy atom. The molecule has 0 saturated carbocycles. The Labute approximate surface area is 155 Å². The summed E-state index contributed by atoms with van der Waals surface area (Å²) in [4.78, 5) is 14.5. The highest BCUT2D eigenvalue weighted by Gasteiger charge is 2.45. The standard InChI is InChI=1S/C18H15Cl3FNO/c1-9-6-12(20)10(7-13(9)22)8-23-14-5-4-11(19)16(21)15(14)18(2,3)17(23)24/h4-7H,8H2,1-3H3. The van der Waals surface area contributed by atoms with Gasteiger partial charge >= 0.3 is 0 Å². The Morgan fingerprint density at radius 1 is 1.12 bits per heavy atom. The first-order valence-corrected chi connectivity index (χ1v) is 8.53. The van der Waals surface area contributed by atoms with E-state index in [-0.39, 0.29) is 18.3 Å². The summed E-state index contributed by atoms with van der Waals surface area (Å²) in [5.41, 5.74) is 1.56. The zero-order valence-corrected chi connectivity index (χ0v) is 15.7. The van der Waals surface area contributed by atoms with Gasteiger partial charge in [0.25, 0.3) is 0 Å². The lowest BCUT2D eigenvalue weighted by atomic mass is 9.86. The quantitative estimate of drug-likeness (QED) is 0.627. The Bertz CT molecular complexity index is 864. The van der Waals surface area contributed by atoms with Gasteiger partial charge in [-0.2, -0.15) is 0 Å². The van der Waals surface area contributed by atoms with Crippen molar-refractivity contribution >= 4 is 46.4 Å². The molecular weight excluding hydrogens is 372 g/mol. The van der Waals surface area contributed by atoms with E-state index in [0.717, 1.165) is 0 Å². The van der Waals surface area contributed by atoms with Crippen molar-refractivity contribution in [3.63, 3.8) is 0 Å². The number of rotatable bonds is 2.